The van der Waals surface area contributed by atoms with Gasteiger partial charge in [0, 0.05) is 5.02 Å². The van der Waals surface area contributed by atoms with Gasteiger partial charge in [-0.15, -0.1) is 15.3 Å². The zero-order chi connectivity index (χ0) is 17.9. The van der Waals surface area contributed by atoms with Crippen LogP contribution in [-0.2, 0) is 5.75 Å². The number of methoxy groups -OCH3 is 1. The third-order valence-corrected chi connectivity index (χ3v) is 4.47. The maximum Gasteiger partial charge on any atom is 0.283 e. The Morgan fingerprint density at radius 1 is 1.27 bits per heavy atom. The maximum atomic E-state index is 6.06. The van der Waals surface area contributed by atoms with E-state index in [1.807, 2.05) is 0 Å². The molecule has 0 aliphatic heterocycles. The van der Waals surface area contributed by atoms with E-state index in [1.165, 1.54) is 11.8 Å². The van der Waals surface area contributed by atoms with Crippen LogP contribution in [-0.4, -0.2) is 32.5 Å². The fraction of sp³-hybridized carbons (Fsp3) is 0.125. The van der Waals surface area contributed by atoms with Crippen molar-refractivity contribution in [3.05, 3.63) is 47.5 Å². The zero-order valence-corrected chi connectivity index (χ0v) is 15.0. The molecule has 0 fully saturated rings. The van der Waals surface area contributed by atoms with E-state index in [0.29, 0.717) is 45.0 Å². The summed E-state index contributed by atoms with van der Waals surface area (Å²) >= 11 is 7.42. The molecule has 1 aromatic carbocycles. The number of thioether (sulfide) groups is 1. The molecule has 3 aromatic heterocycles. The van der Waals surface area contributed by atoms with Crippen molar-refractivity contribution in [1.29, 1.82) is 0 Å². The van der Waals surface area contributed by atoms with E-state index in [2.05, 4.69) is 25.4 Å². The van der Waals surface area contributed by atoms with Crippen LogP contribution < -0.4 is 4.74 Å². The third-order valence-electron chi connectivity index (χ3n) is 3.41. The van der Waals surface area contributed by atoms with Crippen molar-refractivity contribution in [2.75, 3.05) is 7.11 Å². The maximum absolute atomic E-state index is 6.06. The molecule has 10 heteroatoms. The minimum Gasteiger partial charge on any atom is -0.496 e. The Morgan fingerprint density at radius 2 is 2.19 bits per heavy atom. The molecular formula is C16H12ClN5O3S. The molecule has 4 aromatic rings. The highest BCUT2D eigenvalue weighted by Gasteiger charge is 2.14. The number of hydrogen-bond acceptors (Lipinski definition) is 8. The highest BCUT2D eigenvalue weighted by atomic mass is 35.5. The topological polar surface area (TPSA) is 103 Å². The van der Waals surface area contributed by atoms with Crippen LogP contribution in [0.3, 0.4) is 0 Å². The van der Waals surface area contributed by atoms with E-state index >= 15 is 0 Å². The standard InChI is InChI=1S/C16H12ClN5O3S/c1-23-11-5-4-9(17)7-10(11)14-18-16(22-20-14)26-8-13-19-21-15(25-13)12-3-2-6-24-12/h2-7H,8H2,1H3,(H,18,20,22). The monoisotopic (exact) mass is 389 g/mol. The Balaban J connectivity index is 1.47. The number of nitrogens with zero attached hydrogens (tertiary/aromatic N) is 4. The molecule has 0 spiro atoms. The SMILES string of the molecule is COc1ccc(Cl)cc1-c1nc(SCc2nnc(-c3ccco3)o2)n[nH]1. The number of aromatic amines is 1. The first-order valence-corrected chi connectivity index (χ1v) is 8.84. The lowest BCUT2D eigenvalue weighted by Crippen LogP contribution is -1.89. The van der Waals surface area contributed by atoms with Gasteiger partial charge in [0.15, 0.2) is 11.6 Å². The smallest absolute Gasteiger partial charge is 0.283 e. The molecule has 8 nitrogen and oxygen atoms in total. The largest absolute Gasteiger partial charge is 0.496 e. The predicted molar refractivity (Wildman–Crippen MR) is 94.9 cm³/mol. The van der Waals surface area contributed by atoms with Crippen molar-refractivity contribution >= 4 is 23.4 Å². The van der Waals surface area contributed by atoms with Gasteiger partial charge in [-0.2, -0.15) is 0 Å². The summed E-state index contributed by atoms with van der Waals surface area (Å²) in [6, 6.07) is 8.81. The van der Waals surface area contributed by atoms with Crippen LogP contribution in [0.5, 0.6) is 5.75 Å². The van der Waals surface area contributed by atoms with Gasteiger partial charge in [0.1, 0.15) is 5.75 Å². The van der Waals surface area contributed by atoms with Gasteiger partial charge < -0.3 is 13.6 Å². The van der Waals surface area contributed by atoms with Gasteiger partial charge in [-0.1, -0.05) is 23.4 Å². The Labute approximate surface area is 156 Å². The second kappa shape index (κ2) is 7.22. The number of H-pyrrole nitrogens is 1. The predicted octanol–water partition coefficient (Wildman–Crippen LogP) is 4.07. The first-order chi connectivity index (χ1) is 12.7. The van der Waals surface area contributed by atoms with E-state index in [4.69, 9.17) is 25.2 Å². The van der Waals surface area contributed by atoms with E-state index in [-0.39, 0.29) is 0 Å². The summed E-state index contributed by atoms with van der Waals surface area (Å²) in [6.45, 7) is 0. The third kappa shape index (κ3) is 3.44. The highest BCUT2D eigenvalue weighted by Crippen LogP contribution is 2.31. The molecule has 0 aliphatic carbocycles. The molecule has 3 heterocycles. The minimum absolute atomic E-state index is 0.338. The van der Waals surface area contributed by atoms with Gasteiger partial charge >= 0.3 is 0 Å². The van der Waals surface area contributed by atoms with Crippen LogP contribution in [0.4, 0.5) is 0 Å². The molecule has 132 valence electrons. The average Bonchev–Trinajstić information content (AvgIpc) is 3.40. The summed E-state index contributed by atoms with van der Waals surface area (Å²) < 4.78 is 16.1. The molecule has 0 aliphatic rings. The Bertz CT molecular complexity index is 1010. The number of nitrogens with one attached hydrogen (secondary N) is 1. The number of ether oxygens (including phenoxy) is 1. The first-order valence-electron chi connectivity index (χ1n) is 7.48. The van der Waals surface area contributed by atoms with Crippen LogP contribution in [0.2, 0.25) is 5.02 Å². The molecule has 0 radical (unpaired) electrons. The fourth-order valence-corrected chi connectivity index (χ4v) is 3.04. The average molecular weight is 390 g/mol. The Hall–Kier alpha value is -2.78. The summed E-state index contributed by atoms with van der Waals surface area (Å²) in [4.78, 5) is 4.45. The highest BCUT2D eigenvalue weighted by molar-refractivity contribution is 7.98. The summed E-state index contributed by atoms with van der Waals surface area (Å²) in [7, 11) is 1.59. The zero-order valence-electron chi connectivity index (χ0n) is 13.5. The molecule has 0 unspecified atom stereocenters. The second-order valence-electron chi connectivity index (χ2n) is 5.08. The van der Waals surface area contributed by atoms with Crippen LogP contribution in [0.25, 0.3) is 23.0 Å². The fourth-order valence-electron chi connectivity index (χ4n) is 2.23. The molecule has 1 N–H and O–H groups in total. The Kier molecular flexibility index (Phi) is 4.63. The number of aromatic nitrogens is 5. The number of rotatable bonds is 6. The van der Waals surface area contributed by atoms with Gasteiger partial charge in [0.2, 0.25) is 11.0 Å². The quantitative estimate of drug-likeness (QED) is 0.492. The van der Waals surface area contributed by atoms with Crippen LogP contribution >= 0.6 is 23.4 Å². The van der Waals surface area contributed by atoms with Gasteiger partial charge in [0.05, 0.1) is 24.7 Å². The van der Waals surface area contributed by atoms with Crippen molar-refractivity contribution in [2.24, 2.45) is 0 Å². The van der Waals surface area contributed by atoms with Crippen LogP contribution in [0, 0.1) is 0 Å². The van der Waals surface area contributed by atoms with Gasteiger partial charge in [0.25, 0.3) is 5.89 Å². The van der Waals surface area contributed by atoms with Gasteiger partial charge in [-0.25, -0.2) is 4.98 Å². The van der Waals surface area contributed by atoms with Crippen LogP contribution in [0.15, 0.2) is 50.6 Å². The van der Waals surface area contributed by atoms with Gasteiger partial charge in [-0.05, 0) is 30.3 Å². The van der Waals surface area contributed by atoms with Crippen molar-refractivity contribution in [1.82, 2.24) is 25.4 Å². The summed E-state index contributed by atoms with van der Waals surface area (Å²) in [5.74, 6) is 2.97. The lowest BCUT2D eigenvalue weighted by atomic mass is 10.2. The molecule has 0 amide bonds. The second-order valence-corrected chi connectivity index (χ2v) is 6.46. The first kappa shape index (κ1) is 16.7. The number of furan rings is 1. The van der Waals surface area contributed by atoms with E-state index in [9.17, 15) is 0 Å². The molecule has 0 atom stereocenters. The number of halogens is 1. The lowest BCUT2D eigenvalue weighted by molar-refractivity contribution is 0.416. The van der Waals surface area contributed by atoms with Crippen molar-refractivity contribution < 1.29 is 13.6 Å². The van der Waals surface area contributed by atoms with Crippen LogP contribution in [0.1, 0.15) is 5.89 Å². The normalized spacial score (nSPS) is 11.0. The van der Waals surface area contributed by atoms with Crippen molar-refractivity contribution in [3.8, 4) is 28.8 Å². The molecule has 0 saturated carbocycles. The minimum atomic E-state index is 0.338. The molecule has 0 bridgehead atoms. The van der Waals surface area contributed by atoms with E-state index in [1.54, 1.807) is 43.7 Å². The van der Waals surface area contributed by atoms with E-state index in [0.717, 1.165) is 5.56 Å². The lowest BCUT2D eigenvalue weighted by Gasteiger charge is -2.05. The van der Waals surface area contributed by atoms with E-state index < -0.39 is 0 Å². The van der Waals surface area contributed by atoms with Crippen molar-refractivity contribution in [2.45, 2.75) is 10.9 Å². The van der Waals surface area contributed by atoms with Crippen molar-refractivity contribution in [3.63, 3.8) is 0 Å². The molecule has 26 heavy (non-hydrogen) atoms. The molecule has 4 rings (SSSR count). The number of hydrogen-bond donors (Lipinski definition) is 1. The Morgan fingerprint density at radius 3 is 3.00 bits per heavy atom. The molecular weight excluding hydrogens is 378 g/mol. The summed E-state index contributed by atoms with van der Waals surface area (Å²) in [6.07, 6.45) is 1.55. The summed E-state index contributed by atoms with van der Waals surface area (Å²) in [5, 5.41) is 16.1. The van der Waals surface area contributed by atoms with Gasteiger partial charge in [-0.3, -0.25) is 5.10 Å². The summed E-state index contributed by atoms with van der Waals surface area (Å²) in [5.41, 5.74) is 0.734. The number of benzene rings is 1. The molecule has 0 saturated heterocycles.